The van der Waals surface area contributed by atoms with Crippen LogP contribution in [0.25, 0.3) is 0 Å². The first kappa shape index (κ1) is 24.1. The number of carbonyl (C=O) groups is 1. The van der Waals surface area contributed by atoms with Crippen LogP contribution >= 0.6 is 23.4 Å². The van der Waals surface area contributed by atoms with Crippen LogP contribution in [0.5, 0.6) is 0 Å². The molecule has 0 aliphatic carbocycles. The third-order valence-electron chi connectivity index (χ3n) is 4.52. The Morgan fingerprint density at radius 2 is 1.94 bits per heavy atom. The van der Waals surface area contributed by atoms with Gasteiger partial charge >= 0.3 is 5.69 Å². The highest BCUT2D eigenvalue weighted by molar-refractivity contribution is 8.00. The first-order valence-electron chi connectivity index (χ1n) is 9.48. The Balaban J connectivity index is 1.75. The fraction of sp³-hybridized carbons (Fsp3) is 0.250. The maximum absolute atomic E-state index is 12.7. The molecule has 0 aliphatic heterocycles. The minimum Gasteiger partial charge on any atom is -0.325 e. The lowest BCUT2D eigenvalue weighted by Gasteiger charge is -2.15. The van der Waals surface area contributed by atoms with Crippen LogP contribution in [0.3, 0.4) is 0 Å². The number of carbonyl (C=O) groups excluding carboxylic acids is 1. The molecule has 1 unspecified atom stereocenters. The molecule has 1 aromatic heterocycles. The molecule has 9 nitrogen and oxygen atoms in total. The highest BCUT2D eigenvalue weighted by Gasteiger charge is 2.23. The molecule has 0 fully saturated rings. The molecule has 0 saturated carbocycles. The number of nitrogens with one attached hydrogen (secondary N) is 2. The summed E-state index contributed by atoms with van der Waals surface area (Å²) in [6, 6.07) is 13.7. The van der Waals surface area contributed by atoms with Gasteiger partial charge in [-0.1, -0.05) is 53.7 Å². The van der Waals surface area contributed by atoms with E-state index < -0.39 is 15.3 Å². The quantitative estimate of drug-likeness (QED) is 0.464. The minimum absolute atomic E-state index is 0.0561. The molecule has 2 aromatic carbocycles. The van der Waals surface area contributed by atoms with Crippen LogP contribution in [0.2, 0.25) is 5.02 Å². The molecule has 0 bridgehead atoms. The van der Waals surface area contributed by atoms with Crippen molar-refractivity contribution in [3.63, 3.8) is 0 Å². The average molecular weight is 496 g/mol. The van der Waals surface area contributed by atoms with Gasteiger partial charge in [-0.05, 0) is 30.7 Å². The highest BCUT2D eigenvalue weighted by atomic mass is 35.5. The Morgan fingerprint density at radius 1 is 1.25 bits per heavy atom. The zero-order chi connectivity index (χ0) is 23.5. The van der Waals surface area contributed by atoms with E-state index in [2.05, 4.69) is 15.5 Å². The average Bonchev–Trinajstić information content (AvgIpc) is 3.09. The van der Waals surface area contributed by atoms with E-state index in [1.165, 1.54) is 36.9 Å². The van der Waals surface area contributed by atoms with Crippen LogP contribution in [0.1, 0.15) is 12.5 Å². The van der Waals surface area contributed by atoms with E-state index in [0.717, 1.165) is 21.6 Å². The molecule has 1 amide bonds. The standard InChI is InChI=1S/C20H22ClN5O4S2/c1-13(31-20-24-23-19(28)26(20)12-14-7-5-4-6-8-14)18(27)22-15-9-10-16(21)17(11-15)32(29,30)25(2)3/h4-11,13H,12H2,1-3H3,(H,22,27)(H,23,28). The molecule has 3 rings (SSSR count). The van der Waals surface area contributed by atoms with Gasteiger partial charge in [-0.2, -0.15) is 0 Å². The smallest absolute Gasteiger partial charge is 0.325 e. The number of H-pyrrole nitrogens is 1. The molecular formula is C20H22ClN5O4S2. The van der Waals surface area contributed by atoms with Crippen molar-refractivity contribution < 1.29 is 13.2 Å². The predicted molar refractivity (Wildman–Crippen MR) is 125 cm³/mol. The number of hydrogen-bond donors (Lipinski definition) is 2. The molecule has 0 aliphatic rings. The zero-order valence-corrected chi connectivity index (χ0v) is 20.0. The summed E-state index contributed by atoms with van der Waals surface area (Å²) in [5.74, 6) is -0.382. The number of aromatic nitrogens is 3. The number of thioether (sulfide) groups is 1. The molecule has 3 aromatic rings. The van der Waals surface area contributed by atoms with Gasteiger partial charge in [-0.3, -0.25) is 9.36 Å². The van der Waals surface area contributed by atoms with Crippen LogP contribution in [-0.4, -0.2) is 52.7 Å². The summed E-state index contributed by atoms with van der Waals surface area (Å²) in [6.45, 7) is 1.98. The normalized spacial score (nSPS) is 12.7. The van der Waals surface area contributed by atoms with Crippen molar-refractivity contribution >= 4 is 45.0 Å². The van der Waals surface area contributed by atoms with E-state index >= 15 is 0 Å². The second kappa shape index (κ2) is 9.90. The second-order valence-corrected chi connectivity index (χ2v) is 10.9. The van der Waals surface area contributed by atoms with Gasteiger partial charge in [0.05, 0.1) is 16.8 Å². The Labute approximate surface area is 194 Å². The van der Waals surface area contributed by atoms with Gasteiger partial charge in [0.25, 0.3) is 0 Å². The lowest BCUT2D eigenvalue weighted by Crippen LogP contribution is -2.25. The molecule has 170 valence electrons. The number of amides is 1. The monoisotopic (exact) mass is 495 g/mol. The molecule has 32 heavy (non-hydrogen) atoms. The van der Waals surface area contributed by atoms with Crippen molar-refractivity contribution in [1.29, 1.82) is 0 Å². The molecule has 0 spiro atoms. The van der Waals surface area contributed by atoms with E-state index in [4.69, 9.17) is 11.6 Å². The lowest BCUT2D eigenvalue weighted by atomic mass is 10.2. The second-order valence-electron chi connectivity index (χ2n) is 7.07. The van der Waals surface area contributed by atoms with Crippen LogP contribution < -0.4 is 11.0 Å². The summed E-state index contributed by atoms with van der Waals surface area (Å²) < 4.78 is 27.4. The van der Waals surface area contributed by atoms with Gasteiger partial charge in [0.1, 0.15) is 4.90 Å². The van der Waals surface area contributed by atoms with Crippen molar-refractivity contribution in [2.24, 2.45) is 0 Å². The Morgan fingerprint density at radius 3 is 2.59 bits per heavy atom. The van der Waals surface area contributed by atoms with Crippen molar-refractivity contribution in [2.45, 2.75) is 28.8 Å². The summed E-state index contributed by atoms with van der Waals surface area (Å²) in [5.41, 5.74) is 0.835. The fourth-order valence-electron chi connectivity index (χ4n) is 2.73. The third kappa shape index (κ3) is 5.41. The molecule has 0 radical (unpaired) electrons. The molecule has 0 saturated heterocycles. The maximum atomic E-state index is 12.7. The molecule has 1 atom stereocenters. The van der Waals surface area contributed by atoms with Gasteiger partial charge in [0.15, 0.2) is 5.16 Å². The van der Waals surface area contributed by atoms with Crippen molar-refractivity contribution in [1.82, 2.24) is 19.1 Å². The summed E-state index contributed by atoms with van der Waals surface area (Å²) in [4.78, 5) is 24.8. The van der Waals surface area contributed by atoms with Crippen molar-refractivity contribution in [2.75, 3.05) is 19.4 Å². The maximum Gasteiger partial charge on any atom is 0.344 e. The number of rotatable bonds is 8. The number of sulfonamides is 1. The Hall–Kier alpha value is -2.60. The number of hydrogen-bond acceptors (Lipinski definition) is 6. The zero-order valence-electron chi connectivity index (χ0n) is 17.6. The van der Waals surface area contributed by atoms with Gasteiger partial charge in [0, 0.05) is 19.8 Å². The van der Waals surface area contributed by atoms with Crippen LogP contribution in [0.4, 0.5) is 5.69 Å². The van der Waals surface area contributed by atoms with E-state index in [0.29, 0.717) is 11.7 Å². The Kier molecular flexibility index (Phi) is 7.44. The van der Waals surface area contributed by atoms with E-state index in [1.807, 2.05) is 30.3 Å². The number of halogens is 1. The number of aromatic amines is 1. The summed E-state index contributed by atoms with van der Waals surface area (Å²) >= 11 is 7.16. The number of anilines is 1. The molecular weight excluding hydrogens is 474 g/mol. The van der Waals surface area contributed by atoms with E-state index in [-0.39, 0.29) is 27.2 Å². The van der Waals surface area contributed by atoms with Crippen LogP contribution in [0, 0.1) is 0 Å². The topological polar surface area (TPSA) is 117 Å². The van der Waals surface area contributed by atoms with E-state index in [9.17, 15) is 18.0 Å². The fourth-order valence-corrected chi connectivity index (χ4v) is 4.98. The number of nitrogens with zero attached hydrogens (tertiary/aromatic N) is 3. The predicted octanol–water partition coefficient (Wildman–Crippen LogP) is 2.64. The van der Waals surface area contributed by atoms with Gasteiger partial charge in [-0.15, -0.1) is 5.10 Å². The molecule has 1 heterocycles. The lowest BCUT2D eigenvalue weighted by molar-refractivity contribution is -0.115. The third-order valence-corrected chi connectivity index (χ3v) is 7.90. The van der Waals surface area contributed by atoms with Crippen LogP contribution in [0.15, 0.2) is 63.4 Å². The first-order valence-corrected chi connectivity index (χ1v) is 12.2. The van der Waals surface area contributed by atoms with E-state index in [1.54, 1.807) is 6.92 Å². The summed E-state index contributed by atoms with van der Waals surface area (Å²) in [7, 11) is -0.980. The first-order chi connectivity index (χ1) is 15.1. The Bertz CT molecular complexity index is 1270. The summed E-state index contributed by atoms with van der Waals surface area (Å²) in [5, 5.41) is 8.93. The molecule has 2 N–H and O–H groups in total. The molecule has 12 heteroatoms. The number of benzene rings is 2. The SMILES string of the molecule is CC(Sc1n[nH]c(=O)n1Cc1ccccc1)C(=O)Nc1ccc(Cl)c(S(=O)(=O)N(C)C)c1. The van der Waals surface area contributed by atoms with Crippen molar-refractivity contribution in [3.8, 4) is 0 Å². The van der Waals surface area contributed by atoms with Gasteiger partial charge in [-0.25, -0.2) is 22.6 Å². The van der Waals surface area contributed by atoms with Crippen molar-refractivity contribution in [3.05, 3.63) is 69.6 Å². The summed E-state index contributed by atoms with van der Waals surface area (Å²) in [6.07, 6.45) is 0. The van der Waals surface area contributed by atoms with Gasteiger partial charge < -0.3 is 5.32 Å². The van der Waals surface area contributed by atoms with Crippen LogP contribution in [-0.2, 0) is 21.4 Å². The minimum atomic E-state index is -3.77. The van der Waals surface area contributed by atoms with Gasteiger partial charge in [0.2, 0.25) is 15.9 Å². The largest absolute Gasteiger partial charge is 0.344 e. The highest BCUT2D eigenvalue weighted by Crippen LogP contribution is 2.28.